The van der Waals surface area contributed by atoms with Crippen molar-refractivity contribution in [2.24, 2.45) is 0 Å². The van der Waals surface area contributed by atoms with E-state index >= 15 is 0 Å². The van der Waals surface area contributed by atoms with E-state index in [4.69, 9.17) is 4.74 Å². The summed E-state index contributed by atoms with van der Waals surface area (Å²) in [6.07, 6.45) is 7.93. The van der Waals surface area contributed by atoms with Gasteiger partial charge in [0.2, 0.25) is 0 Å². The molecular weight excluding hydrogens is 230 g/mol. The van der Waals surface area contributed by atoms with Crippen molar-refractivity contribution in [3.05, 3.63) is 12.2 Å². The van der Waals surface area contributed by atoms with E-state index in [0.29, 0.717) is 12.6 Å². The lowest BCUT2D eigenvalue weighted by molar-refractivity contribution is -0.150. The monoisotopic (exact) mass is 249 g/mol. The van der Waals surface area contributed by atoms with Crippen molar-refractivity contribution >= 4 is 5.97 Å². The van der Waals surface area contributed by atoms with Gasteiger partial charge in [-0.1, -0.05) is 12.8 Å². The van der Waals surface area contributed by atoms with Gasteiger partial charge < -0.3 is 9.30 Å². The van der Waals surface area contributed by atoms with Crippen molar-refractivity contribution in [1.29, 1.82) is 0 Å². The van der Waals surface area contributed by atoms with Crippen LogP contribution in [0.3, 0.4) is 0 Å². The van der Waals surface area contributed by atoms with E-state index in [2.05, 4.69) is 14.8 Å². The van der Waals surface area contributed by atoms with Gasteiger partial charge in [-0.05, 0) is 32.6 Å². The number of carbonyl (C=O) groups is 1. The van der Waals surface area contributed by atoms with Gasteiger partial charge in [-0.3, -0.25) is 4.79 Å². The second kappa shape index (κ2) is 4.37. The Morgan fingerprint density at radius 3 is 2.83 bits per heavy atom. The first-order chi connectivity index (χ1) is 8.78. The third kappa shape index (κ3) is 1.72. The van der Waals surface area contributed by atoms with Gasteiger partial charge in [-0.2, -0.15) is 0 Å². The molecule has 0 atom stereocenters. The molecule has 0 unspecified atom stereocenters. The van der Waals surface area contributed by atoms with E-state index in [9.17, 15) is 4.79 Å². The van der Waals surface area contributed by atoms with Crippen LogP contribution >= 0.6 is 0 Å². The van der Waals surface area contributed by atoms with Crippen LogP contribution < -0.4 is 0 Å². The van der Waals surface area contributed by atoms with Crippen LogP contribution in [-0.2, 0) is 14.9 Å². The fourth-order valence-electron chi connectivity index (χ4n) is 2.97. The lowest BCUT2D eigenvalue weighted by Crippen LogP contribution is -2.37. The molecule has 0 spiro atoms. The zero-order valence-electron chi connectivity index (χ0n) is 10.8. The molecule has 0 saturated heterocycles. The molecule has 98 valence electrons. The Bertz CT molecular complexity index is 445. The van der Waals surface area contributed by atoms with Crippen LogP contribution in [-0.4, -0.2) is 27.3 Å². The number of aromatic nitrogens is 3. The zero-order valence-corrected chi connectivity index (χ0v) is 10.8. The van der Waals surface area contributed by atoms with Crippen molar-refractivity contribution in [2.45, 2.75) is 56.9 Å². The van der Waals surface area contributed by atoms with Gasteiger partial charge in [-0.25, -0.2) is 0 Å². The van der Waals surface area contributed by atoms with Crippen LogP contribution in [0.2, 0.25) is 0 Å². The molecule has 0 aromatic carbocycles. The van der Waals surface area contributed by atoms with Crippen LogP contribution in [0, 0.1) is 0 Å². The first-order valence-electron chi connectivity index (χ1n) is 6.85. The molecule has 0 radical (unpaired) electrons. The van der Waals surface area contributed by atoms with E-state index in [1.165, 1.54) is 12.8 Å². The first kappa shape index (κ1) is 11.7. The third-order valence-corrected chi connectivity index (χ3v) is 4.06. The highest BCUT2D eigenvalue weighted by Gasteiger charge is 2.49. The summed E-state index contributed by atoms with van der Waals surface area (Å²) in [5.41, 5.74) is -0.533. The van der Waals surface area contributed by atoms with Crippen molar-refractivity contribution in [1.82, 2.24) is 14.8 Å². The van der Waals surface area contributed by atoms with Crippen LogP contribution in [0.1, 0.15) is 57.3 Å². The maximum absolute atomic E-state index is 12.4. The third-order valence-electron chi connectivity index (χ3n) is 4.06. The predicted molar refractivity (Wildman–Crippen MR) is 65.1 cm³/mol. The number of carbonyl (C=O) groups excluding carboxylic acids is 1. The maximum Gasteiger partial charge on any atom is 0.319 e. The minimum atomic E-state index is -0.533. The average molecular weight is 249 g/mol. The standard InChI is InChI=1S/C13H19N3O2/c1-2-18-12(17)13(7-3-4-8-13)11-15-14-9-16(11)10-5-6-10/h9-10H,2-8H2,1H3. The Labute approximate surface area is 107 Å². The van der Waals surface area contributed by atoms with Crippen molar-refractivity contribution in [3.8, 4) is 0 Å². The molecule has 2 saturated carbocycles. The average Bonchev–Trinajstić information content (AvgIpc) is 2.93. The van der Waals surface area contributed by atoms with Gasteiger partial charge in [0, 0.05) is 6.04 Å². The molecule has 0 aliphatic heterocycles. The lowest BCUT2D eigenvalue weighted by atomic mass is 9.85. The van der Waals surface area contributed by atoms with E-state index in [1.54, 1.807) is 6.33 Å². The molecule has 0 amide bonds. The second-order valence-electron chi connectivity index (χ2n) is 5.30. The molecule has 18 heavy (non-hydrogen) atoms. The number of esters is 1. The number of hydrogen-bond acceptors (Lipinski definition) is 4. The van der Waals surface area contributed by atoms with E-state index in [1.807, 2.05) is 6.92 Å². The number of nitrogens with zero attached hydrogens (tertiary/aromatic N) is 3. The highest BCUT2D eigenvalue weighted by Crippen LogP contribution is 2.44. The summed E-state index contributed by atoms with van der Waals surface area (Å²) in [5, 5.41) is 8.27. The fraction of sp³-hybridized carbons (Fsp3) is 0.769. The summed E-state index contributed by atoms with van der Waals surface area (Å²) < 4.78 is 7.39. The summed E-state index contributed by atoms with van der Waals surface area (Å²) in [5.74, 6) is 0.721. The maximum atomic E-state index is 12.4. The van der Waals surface area contributed by atoms with Crippen LogP contribution in [0.4, 0.5) is 0 Å². The Balaban J connectivity index is 1.97. The quantitative estimate of drug-likeness (QED) is 0.766. The van der Waals surface area contributed by atoms with Gasteiger partial charge in [-0.15, -0.1) is 10.2 Å². The van der Waals surface area contributed by atoms with Gasteiger partial charge in [0.1, 0.15) is 11.7 Å². The minimum absolute atomic E-state index is 0.114. The molecule has 2 aliphatic carbocycles. The molecule has 1 heterocycles. The highest BCUT2D eigenvalue weighted by molar-refractivity contribution is 5.82. The first-order valence-corrected chi connectivity index (χ1v) is 6.85. The normalized spacial score (nSPS) is 22.1. The van der Waals surface area contributed by atoms with E-state index in [0.717, 1.165) is 31.5 Å². The predicted octanol–water partition coefficient (Wildman–Crippen LogP) is 1.99. The van der Waals surface area contributed by atoms with Crippen LogP contribution in [0.5, 0.6) is 0 Å². The van der Waals surface area contributed by atoms with Crippen LogP contribution in [0.15, 0.2) is 6.33 Å². The summed E-state index contributed by atoms with van der Waals surface area (Å²) in [4.78, 5) is 12.4. The summed E-state index contributed by atoms with van der Waals surface area (Å²) >= 11 is 0. The molecule has 5 nitrogen and oxygen atoms in total. The van der Waals surface area contributed by atoms with Crippen molar-refractivity contribution < 1.29 is 9.53 Å². The molecule has 1 aromatic rings. The molecule has 0 N–H and O–H groups in total. The molecule has 5 heteroatoms. The van der Waals surface area contributed by atoms with Crippen LogP contribution in [0.25, 0.3) is 0 Å². The van der Waals surface area contributed by atoms with Gasteiger partial charge in [0.15, 0.2) is 5.82 Å². The summed E-state index contributed by atoms with van der Waals surface area (Å²) in [7, 11) is 0. The molecule has 0 bridgehead atoms. The number of hydrogen-bond donors (Lipinski definition) is 0. The van der Waals surface area contributed by atoms with Crippen molar-refractivity contribution in [3.63, 3.8) is 0 Å². The van der Waals surface area contributed by atoms with Gasteiger partial charge in [0.25, 0.3) is 0 Å². The SMILES string of the molecule is CCOC(=O)C1(c2nncn2C2CC2)CCCC1. The smallest absolute Gasteiger partial charge is 0.319 e. The van der Waals surface area contributed by atoms with Gasteiger partial charge >= 0.3 is 5.97 Å². The molecule has 1 aromatic heterocycles. The molecule has 2 fully saturated rings. The minimum Gasteiger partial charge on any atom is -0.465 e. The Kier molecular flexibility index (Phi) is 2.84. The topological polar surface area (TPSA) is 57.0 Å². The van der Waals surface area contributed by atoms with E-state index in [-0.39, 0.29) is 5.97 Å². The van der Waals surface area contributed by atoms with Crippen molar-refractivity contribution in [2.75, 3.05) is 6.61 Å². The Morgan fingerprint density at radius 1 is 1.50 bits per heavy atom. The molecular formula is C13H19N3O2. The number of rotatable bonds is 4. The van der Waals surface area contributed by atoms with Gasteiger partial charge in [0.05, 0.1) is 6.61 Å². The number of ether oxygens (including phenoxy) is 1. The summed E-state index contributed by atoms with van der Waals surface area (Å²) in [6, 6.07) is 0.502. The molecule has 3 rings (SSSR count). The zero-order chi connectivity index (χ0) is 12.6. The second-order valence-corrected chi connectivity index (χ2v) is 5.30. The van der Waals surface area contributed by atoms with E-state index < -0.39 is 5.41 Å². The Hall–Kier alpha value is -1.39. The largest absolute Gasteiger partial charge is 0.465 e. The lowest BCUT2D eigenvalue weighted by Gasteiger charge is -2.25. The Morgan fingerprint density at radius 2 is 2.22 bits per heavy atom. The fourth-order valence-corrected chi connectivity index (χ4v) is 2.97. The molecule has 2 aliphatic rings. The summed E-state index contributed by atoms with van der Waals surface area (Å²) in [6.45, 7) is 2.28. The highest BCUT2D eigenvalue weighted by atomic mass is 16.5.